The largest absolute Gasteiger partial charge is 0.481 e. The lowest BCUT2D eigenvalue weighted by Crippen LogP contribution is -2.48. The fourth-order valence-corrected chi connectivity index (χ4v) is 4.38. The number of Topliss-reactive ketones (excluding diaryl/α,β-unsaturated/α-hetero) is 1. The van der Waals surface area contributed by atoms with E-state index in [0.717, 1.165) is 18.1 Å². The summed E-state index contributed by atoms with van der Waals surface area (Å²) in [6.45, 7) is 7.59. The highest BCUT2D eigenvalue weighted by molar-refractivity contribution is 5.83. The molecular formula is C30H48N6O10. The van der Waals surface area contributed by atoms with Crippen molar-refractivity contribution in [1.82, 2.24) is 24.9 Å². The molecule has 1 aliphatic heterocycles. The molecule has 0 spiro atoms. The first-order valence-corrected chi connectivity index (χ1v) is 14.8. The van der Waals surface area contributed by atoms with Crippen LogP contribution in [0.2, 0.25) is 0 Å². The first-order valence-electron chi connectivity index (χ1n) is 14.8. The third-order valence-electron chi connectivity index (χ3n) is 6.88. The first-order chi connectivity index (χ1) is 21.7. The highest BCUT2D eigenvalue weighted by atomic mass is 16.4. The summed E-state index contributed by atoms with van der Waals surface area (Å²) >= 11 is 0. The lowest BCUT2D eigenvalue weighted by atomic mass is 10.0. The standard InChI is InChI=1S/C27H44N6O6.C2H4O2.CO2/c1-3-24(34)23(28)16-21-4-6-22(7-5-21)17-29-25(35)18-31-10-8-30(2)9-11-32(19-26(36)37)14-15-33(13-12-31)20-27(38)39;1-2(3)4;2-1-3/h4-7,23H,3,8-20,28H2,1-2H3,(H,29,35)(H,36,37)(H,38,39);1H3,(H,3,4);/t23-;;/m1../s1. The molecule has 1 saturated heterocycles. The normalized spacial score (nSPS) is 16.0. The molecule has 46 heavy (non-hydrogen) atoms. The maximum Gasteiger partial charge on any atom is 0.373 e. The van der Waals surface area contributed by atoms with Crippen molar-refractivity contribution >= 4 is 35.7 Å². The molecular weight excluding hydrogens is 604 g/mol. The van der Waals surface area contributed by atoms with E-state index in [1.165, 1.54) is 0 Å². The summed E-state index contributed by atoms with van der Waals surface area (Å²) in [6.07, 6.45) is 1.15. The van der Waals surface area contributed by atoms with E-state index in [1.807, 2.05) is 41.1 Å². The van der Waals surface area contributed by atoms with Crippen LogP contribution in [0.1, 0.15) is 31.4 Å². The van der Waals surface area contributed by atoms with E-state index in [9.17, 15) is 29.4 Å². The van der Waals surface area contributed by atoms with Gasteiger partial charge in [0.25, 0.3) is 5.97 Å². The van der Waals surface area contributed by atoms with Crippen LogP contribution in [0, 0.1) is 0 Å². The Labute approximate surface area is 269 Å². The monoisotopic (exact) mass is 652 g/mol. The average Bonchev–Trinajstić information content (AvgIpc) is 2.97. The van der Waals surface area contributed by atoms with Gasteiger partial charge in [-0.1, -0.05) is 31.2 Å². The number of carboxylic acids is 3. The maximum atomic E-state index is 12.8. The molecule has 1 aliphatic rings. The number of nitrogens with one attached hydrogen (secondary N) is 1. The van der Waals surface area contributed by atoms with Gasteiger partial charge >= 0.3 is 18.1 Å². The number of carboxylic acid groups (broad SMARTS) is 3. The molecule has 0 saturated carbocycles. The second-order valence-corrected chi connectivity index (χ2v) is 10.7. The fourth-order valence-electron chi connectivity index (χ4n) is 4.38. The van der Waals surface area contributed by atoms with E-state index in [1.54, 1.807) is 11.8 Å². The van der Waals surface area contributed by atoms with Gasteiger partial charge in [0.1, 0.15) is 5.78 Å². The molecule has 258 valence electrons. The number of nitrogens with zero attached hydrogens (tertiary/aromatic N) is 4. The Morgan fingerprint density at radius 3 is 1.54 bits per heavy atom. The van der Waals surface area contributed by atoms with E-state index < -0.39 is 23.9 Å². The number of nitrogens with two attached hydrogens (primary N) is 1. The predicted octanol–water partition coefficient (Wildman–Crippen LogP) is -1.32. The third-order valence-corrected chi connectivity index (χ3v) is 6.88. The van der Waals surface area contributed by atoms with E-state index in [4.69, 9.17) is 25.2 Å². The third kappa shape index (κ3) is 21.6. The molecule has 0 radical (unpaired) electrons. The number of carbonyl (C=O) groups is 5. The quantitative estimate of drug-likeness (QED) is 0.176. The van der Waals surface area contributed by atoms with Crippen molar-refractivity contribution in [2.45, 2.75) is 39.3 Å². The lowest BCUT2D eigenvalue weighted by Gasteiger charge is -2.32. The molecule has 1 aromatic rings. The Hall–Kier alpha value is -4.05. The van der Waals surface area contributed by atoms with Gasteiger partial charge in [0, 0.05) is 72.2 Å². The molecule has 16 nitrogen and oxygen atoms in total. The Kier molecular flexibility index (Phi) is 22.1. The highest BCUT2D eigenvalue weighted by Crippen LogP contribution is 2.08. The van der Waals surface area contributed by atoms with Gasteiger partial charge < -0.3 is 31.3 Å². The van der Waals surface area contributed by atoms with Gasteiger partial charge in [-0.3, -0.25) is 38.7 Å². The summed E-state index contributed by atoms with van der Waals surface area (Å²) < 4.78 is 0. The number of hydrogen-bond acceptors (Lipinski definition) is 12. The van der Waals surface area contributed by atoms with E-state index in [0.29, 0.717) is 71.7 Å². The molecule has 1 atom stereocenters. The molecule has 2 rings (SSSR count). The van der Waals surface area contributed by atoms with Gasteiger partial charge in [0.05, 0.1) is 25.7 Å². The average molecular weight is 653 g/mol. The molecule has 0 unspecified atom stereocenters. The zero-order valence-electron chi connectivity index (χ0n) is 26.9. The van der Waals surface area contributed by atoms with Gasteiger partial charge in [-0.15, -0.1) is 0 Å². The number of amides is 1. The van der Waals surface area contributed by atoms with Crippen LogP contribution in [0.3, 0.4) is 0 Å². The van der Waals surface area contributed by atoms with Gasteiger partial charge in [0.2, 0.25) is 5.91 Å². The maximum absolute atomic E-state index is 12.8. The summed E-state index contributed by atoms with van der Waals surface area (Å²) in [6, 6.07) is 7.17. The minimum Gasteiger partial charge on any atom is -0.481 e. The van der Waals surface area contributed by atoms with Crippen molar-refractivity contribution in [2.24, 2.45) is 5.73 Å². The van der Waals surface area contributed by atoms with Gasteiger partial charge in [0.15, 0.2) is 0 Å². The van der Waals surface area contributed by atoms with E-state index >= 15 is 0 Å². The summed E-state index contributed by atoms with van der Waals surface area (Å²) in [7, 11) is 1.97. The molecule has 1 aromatic carbocycles. The number of rotatable bonds is 12. The second-order valence-electron chi connectivity index (χ2n) is 10.7. The minimum atomic E-state index is -0.944. The van der Waals surface area contributed by atoms with Crippen molar-refractivity contribution in [3.8, 4) is 0 Å². The molecule has 6 N–H and O–H groups in total. The zero-order chi connectivity index (χ0) is 35.1. The molecule has 1 fully saturated rings. The van der Waals surface area contributed by atoms with Crippen LogP contribution < -0.4 is 11.1 Å². The SMILES string of the molecule is CC(=O)O.CCC(=O)[C@H](N)Cc1ccc(CNC(=O)CN2CCN(C)CCN(CC(=O)O)CCN(CC(=O)O)CC2)cc1.O=C=O. The molecule has 1 amide bonds. The molecule has 0 bridgehead atoms. The van der Waals surface area contributed by atoms with Gasteiger partial charge in [-0.25, -0.2) is 0 Å². The lowest BCUT2D eigenvalue weighted by molar-refractivity contribution is -0.191. The van der Waals surface area contributed by atoms with Crippen LogP contribution in [0.5, 0.6) is 0 Å². The topological polar surface area (TPSA) is 231 Å². The second kappa shape index (κ2) is 24.2. The van der Waals surface area contributed by atoms with Crippen LogP contribution in [0.15, 0.2) is 24.3 Å². The number of carbonyl (C=O) groups excluding carboxylic acids is 4. The number of benzene rings is 1. The summed E-state index contributed by atoms with van der Waals surface area (Å²) in [5.74, 6) is -2.77. The van der Waals surface area contributed by atoms with Crippen LogP contribution in [-0.2, 0) is 46.5 Å². The van der Waals surface area contributed by atoms with Crippen LogP contribution in [0.4, 0.5) is 0 Å². The van der Waals surface area contributed by atoms with Crippen molar-refractivity contribution in [2.75, 3.05) is 79.0 Å². The van der Waals surface area contributed by atoms with Crippen LogP contribution in [-0.4, -0.2) is 156 Å². The molecule has 1 heterocycles. The van der Waals surface area contributed by atoms with E-state index in [-0.39, 0.29) is 37.5 Å². The number of aliphatic carboxylic acids is 3. The van der Waals surface area contributed by atoms with Crippen LogP contribution in [0.25, 0.3) is 0 Å². The van der Waals surface area contributed by atoms with Crippen molar-refractivity contribution in [3.05, 3.63) is 35.4 Å². The van der Waals surface area contributed by atoms with Crippen molar-refractivity contribution in [1.29, 1.82) is 0 Å². The van der Waals surface area contributed by atoms with E-state index in [2.05, 4.69) is 10.2 Å². The summed E-state index contributed by atoms with van der Waals surface area (Å²) in [5.41, 5.74) is 7.85. The highest BCUT2D eigenvalue weighted by Gasteiger charge is 2.19. The Morgan fingerprint density at radius 2 is 1.15 bits per heavy atom. The molecule has 16 heteroatoms. The number of likely N-dealkylation sites (N-methyl/N-ethyl adjacent to an activating group) is 1. The van der Waals surface area contributed by atoms with Gasteiger partial charge in [-0.05, 0) is 24.6 Å². The smallest absolute Gasteiger partial charge is 0.373 e. The Morgan fingerprint density at radius 1 is 0.783 bits per heavy atom. The molecule has 0 aliphatic carbocycles. The zero-order valence-corrected chi connectivity index (χ0v) is 26.9. The predicted molar refractivity (Wildman–Crippen MR) is 166 cm³/mol. The van der Waals surface area contributed by atoms with Crippen molar-refractivity contribution in [3.63, 3.8) is 0 Å². The molecule has 0 aromatic heterocycles. The Balaban J connectivity index is 0.00000262. The Bertz CT molecular complexity index is 1120. The summed E-state index contributed by atoms with van der Waals surface area (Å²) in [5, 5.41) is 28.9. The summed E-state index contributed by atoms with van der Waals surface area (Å²) in [4.78, 5) is 80.1. The number of hydrogen-bond donors (Lipinski definition) is 5. The fraction of sp³-hybridized carbons (Fsp3) is 0.600. The van der Waals surface area contributed by atoms with Crippen molar-refractivity contribution < 1.29 is 48.9 Å². The minimum absolute atomic E-state index is 0.0329. The van der Waals surface area contributed by atoms with Gasteiger partial charge in [-0.2, -0.15) is 9.59 Å². The number of ketones is 1. The van der Waals surface area contributed by atoms with Crippen LogP contribution >= 0.6 is 0 Å². The first kappa shape index (κ1) is 42.0.